The van der Waals surface area contributed by atoms with Crippen molar-refractivity contribution in [2.45, 2.75) is 6.42 Å². The Morgan fingerprint density at radius 1 is 1.40 bits per heavy atom. The zero-order valence-electron chi connectivity index (χ0n) is 6.30. The highest BCUT2D eigenvalue weighted by atomic mass is 16.7. The van der Waals surface area contributed by atoms with Gasteiger partial charge < -0.3 is 9.84 Å². The van der Waals surface area contributed by atoms with Crippen LogP contribution in [-0.2, 0) is 9.57 Å². The lowest BCUT2D eigenvalue weighted by Gasteiger charge is -2.02. The van der Waals surface area contributed by atoms with Crippen molar-refractivity contribution in [1.82, 2.24) is 5.48 Å². The molecule has 10 heavy (non-hydrogen) atoms. The van der Waals surface area contributed by atoms with Crippen LogP contribution in [0.25, 0.3) is 0 Å². The van der Waals surface area contributed by atoms with Crippen molar-refractivity contribution < 1.29 is 14.7 Å². The van der Waals surface area contributed by atoms with Crippen LogP contribution in [0.3, 0.4) is 0 Å². The third-order valence-corrected chi connectivity index (χ3v) is 0.929. The summed E-state index contributed by atoms with van der Waals surface area (Å²) >= 11 is 0. The van der Waals surface area contributed by atoms with E-state index in [9.17, 15) is 0 Å². The summed E-state index contributed by atoms with van der Waals surface area (Å²) in [5.41, 5.74) is 2.68. The predicted molar refractivity (Wildman–Crippen MR) is 37.5 cm³/mol. The van der Waals surface area contributed by atoms with Crippen LogP contribution >= 0.6 is 0 Å². The molecule has 4 heteroatoms. The van der Waals surface area contributed by atoms with E-state index < -0.39 is 0 Å². The van der Waals surface area contributed by atoms with E-state index in [1.165, 1.54) is 0 Å². The fourth-order valence-electron chi connectivity index (χ4n) is 0.421. The summed E-state index contributed by atoms with van der Waals surface area (Å²) in [5.74, 6) is 0. The van der Waals surface area contributed by atoms with Crippen LogP contribution in [0.2, 0.25) is 0 Å². The Morgan fingerprint density at radius 2 is 2.20 bits per heavy atom. The van der Waals surface area contributed by atoms with E-state index in [-0.39, 0.29) is 6.61 Å². The maximum atomic E-state index is 8.35. The van der Waals surface area contributed by atoms with E-state index in [0.29, 0.717) is 26.2 Å². The van der Waals surface area contributed by atoms with Crippen molar-refractivity contribution in [3.8, 4) is 0 Å². The van der Waals surface area contributed by atoms with Crippen LogP contribution in [0.1, 0.15) is 6.42 Å². The molecule has 0 saturated carbocycles. The van der Waals surface area contributed by atoms with Gasteiger partial charge in [0.25, 0.3) is 0 Å². The molecule has 0 aromatic heterocycles. The van der Waals surface area contributed by atoms with E-state index in [1.54, 1.807) is 7.11 Å². The molecule has 0 aliphatic heterocycles. The summed E-state index contributed by atoms with van der Waals surface area (Å²) in [7, 11) is 1.62. The quantitative estimate of drug-likeness (QED) is 0.380. The van der Waals surface area contributed by atoms with Gasteiger partial charge in [0.15, 0.2) is 0 Å². The molecule has 62 valence electrons. The van der Waals surface area contributed by atoms with Gasteiger partial charge in [-0.1, -0.05) is 0 Å². The molecule has 0 rings (SSSR count). The van der Waals surface area contributed by atoms with Crippen LogP contribution in [0.15, 0.2) is 0 Å². The molecule has 0 heterocycles. The Kier molecular flexibility index (Phi) is 8.70. The first-order valence-corrected chi connectivity index (χ1v) is 3.36. The molecule has 0 fully saturated rings. The number of hydrogen-bond donors (Lipinski definition) is 2. The predicted octanol–water partition coefficient (Wildman–Crippen LogP) is -0.464. The Balaban J connectivity index is 2.65. The second-order valence-corrected chi connectivity index (χ2v) is 1.81. The van der Waals surface area contributed by atoms with E-state index in [2.05, 4.69) is 5.48 Å². The molecular formula is C6H15NO3. The lowest BCUT2D eigenvalue weighted by atomic mass is 10.5. The van der Waals surface area contributed by atoms with Gasteiger partial charge in [0.1, 0.15) is 0 Å². The van der Waals surface area contributed by atoms with E-state index in [4.69, 9.17) is 14.7 Å². The minimum atomic E-state index is 0.195. The molecule has 0 amide bonds. The maximum Gasteiger partial charge on any atom is 0.0915 e. The van der Waals surface area contributed by atoms with Crippen molar-refractivity contribution in [1.29, 1.82) is 0 Å². The van der Waals surface area contributed by atoms with Crippen molar-refractivity contribution in [3.63, 3.8) is 0 Å². The van der Waals surface area contributed by atoms with Crippen molar-refractivity contribution in [3.05, 3.63) is 0 Å². The van der Waals surface area contributed by atoms with Gasteiger partial charge in [0, 0.05) is 20.3 Å². The first-order chi connectivity index (χ1) is 4.91. The lowest BCUT2D eigenvalue weighted by molar-refractivity contribution is 0.00508. The smallest absolute Gasteiger partial charge is 0.0915 e. The summed E-state index contributed by atoms with van der Waals surface area (Å²) in [6, 6.07) is 0. The summed E-state index contributed by atoms with van der Waals surface area (Å²) in [6.07, 6.45) is 0.715. The van der Waals surface area contributed by atoms with Crippen LogP contribution in [0, 0.1) is 0 Å². The zero-order chi connectivity index (χ0) is 7.66. The van der Waals surface area contributed by atoms with Gasteiger partial charge in [0.2, 0.25) is 0 Å². The third-order valence-electron chi connectivity index (χ3n) is 0.929. The number of ether oxygens (including phenoxy) is 1. The fourth-order valence-corrected chi connectivity index (χ4v) is 0.421. The first kappa shape index (κ1) is 9.84. The monoisotopic (exact) mass is 149 g/mol. The molecule has 0 aliphatic rings. The second kappa shape index (κ2) is 8.84. The van der Waals surface area contributed by atoms with Crippen molar-refractivity contribution >= 4 is 0 Å². The lowest BCUT2D eigenvalue weighted by Crippen LogP contribution is -2.19. The summed E-state index contributed by atoms with van der Waals surface area (Å²) in [6.45, 7) is 2.01. The molecule has 0 aromatic rings. The Morgan fingerprint density at radius 3 is 2.80 bits per heavy atom. The summed E-state index contributed by atoms with van der Waals surface area (Å²) in [5, 5.41) is 8.35. The van der Waals surface area contributed by atoms with Crippen molar-refractivity contribution in [2.24, 2.45) is 0 Å². The van der Waals surface area contributed by atoms with Gasteiger partial charge in [-0.25, -0.2) is 5.48 Å². The Labute approximate surface area is 61.1 Å². The highest BCUT2D eigenvalue weighted by Crippen LogP contribution is 1.73. The van der Waals surface area contributed by atoms with Crippen LogP contribution in [0.4, 0.5) is 0 Å². The molecule has 0 spiro atoms. The average molecular weight is 149 g/mol. The van der Waals surface area contributed by atoms with Crippen LogP contribution in [-0.4, -0.2) is 38.6 Å². The molecule has 0 aromatic carbocycles. The van der Waals surface area contributed by atoms with Gasteiger partial charge >= 0.3 is 0 Å². The molecule has 0 bridgehead atoms. The third kappa shape index (κ3) is 7.84. The van der Waals surface area contributed by atoms with Gasteiger partial charge in [0.05, 0.1) is 13.2 Å². The molecular weight excluding hydrogens is 134 g/mol. The summed E-state index contributed by atoms with van der Waals surface area (Å²) in [4.78, 5) is 4.89. The first-order valence-electron chi connectivity index (χ1n) is 3.36. The van der Waals surface area contributed by atoms with Crippen LogP contribution in [0.5, 0.6) is 0 Å². The normalized spacial score (nSPS) is 10.2. The molecule has 0 unspecified atom stereocenters. The molecule has 4 nitrogen and oxygen atoms in total. The largest absolute Gasteiger partial charge is 0.396 e. The minimum Gasteiger partial charge on any atom is -0.396 e. The van der Waals surface area contributed by atoms with Gasteiger partial charge in [-0.2, -0.15) is 0 Å². The number of rotatable bonds is 7. The fraction of sp³-hybridized carbons (Fsp3) is 1.00. The molecule has 2 N–H and O–H groups in total. The number of nitrogens with one attached hydrogen (secondary N) is 1. The zero-order valence-corrected chi connectivity index (χ0v) is 6.30. The van der Waals surface area contributed by atoms with E-state index in [0.717, 1.165) is 0 Å². The van der Waals surface area contributed by atoms with E-state index in [1.807, 2.05) is 0 Å². The summed E-state index contributed by atoms with van der Waals surface area (Å²) < 4.78 is 4.73. The topological polar surface area (TPSA) is 50.7 Å². The molecule has 0 atom stereocenters. The number of hydroxylamine groups is 1. The maximum absolute atomic E-state index is 8.35. The average Bonchev–Trinajstić information content (AvgIpc) is 1.97. The van der Waals surface area contributed by atoms with Gasteiger partial charge in [-0.05, 0) is 6.42 Å². The van der Waals surface area contributed by atoms with Crippen molar-refractivity contribution in [2.75, 3.05) is 33.5 Å². The number of aliphatic hydroxyl groups excluding tert-OH is 1. The SMILES string of the molecule is COCCONCCCO. The molecule has 0 aliphatic carbocycles. The van der Waals surface area contributed by atoms with E-state index >= 15 is 0 Å². The molecule has 0 saturated heterocycles. The minimum absolute atomic E-state index is 0.195. The Bertz CT molecular complexity index is 53.0. The Hall–Kier alpha value is -0.160. The van der Waals surface area contributed by atoms with Gasteiger partial charge in [-0.3, -0.25) is 4.84 Å². The highest BCUT2D eigenvalue weighted by Gasteiger charge is 1.85. The number of aliphatic hydroxyl groups is 1. The standard InChI is InChI=1S/C6H15NO3/c1-9-5-6-10-7-3-2-4-8/h7-8H,2-6H2,1H3. The number of hydrogen-bond acceptors (Lipinski definition) is 4. The van der Waals surface area contributed by atoms with Gasteiger partial charge in [-0.15, -0.1) is 0 Å². The molecule has 0 radical (unpaired) electrons. The highest BCUT2D eigenvalue weighted by molar-refractivity contribution is 4.33. The van der Waals surface area contributed by atoms with Crippen LogP contribution < -0.4 is 5.48 Å². The number of methoxy groups -OCH3 is 1. The second-order valence-electron chi connectivity index (χ2n) is 1.81.